The van der Waals surface area contributed by atoms with E-state index >= 15 is 0 Å². The van der Waals surface area contributed by atoms with E-state index in [1.165, 1.54) is 0 Å². The Labute approximate surface area is 112 Å². The molecule has 1 aromatic rings. The van der Waals surface area contributed by atoms with Gasteiger partial charge < -0.3 is 0 Å². The first-order valence-electron chi connectivity index (χ1n) is 5.63. The van der Waals surface area contributed by atoms with Crippen LogP contribution >= 0.6 is 23.2 Å². The summed E-state index contributed by atoms with van der Waals surface area (Å²) < 4.78 is 0. The third-order valence-electron chi connectivity index (χ3n) is 2.44. The molecule has 0 aliphatic heterocycles. The van der Waals surface area contributed by atoms with Crippen molar-refractivity contribution in [2.75, 3.05) is 0 Å². The van der Waals surface area contributed by atoms with Crippen LogP contribution in [0.3, 0.4) is 0 Å². The molecule has 0 spiro atoms. The molecule has 2 nitrogen and oxygen atoms in total. The number of rotatable bonds is 6. The van der Waals surface area contributed by atoms with Crippen LogP contribution in [-0.2, 0) is 0 Å². The van der Waals surface area contributed by atoms with Crippen LogP contribution in [0.2, 0.25) is 10.0 Å². The Hall–Kier alpha value is -0.860. The summed E-state index contributed by atoms with van der Waals surface area (Å²) in [5, 5.41) is 4.12. The Balaban J connectivity index is 2.67. The summed E-state index contributed by atoms with van der Waals surface area (Å²) in [5.74, 6) is 0. The monoisotopic (exact) mass is 271 g/mol. The molecule has 0 saturated heterocycles. The smallest absolute Gasteiger partial charge is 0.110 e. The van der Waals surface area contributed by atoms with E-state index in [0.717, 1.165) is 24.8 Å². The molecule has 0 amide bonds. The summed E-state index contributed by atoms with van der Waals surface area (Å²) in [5.41, 5.74) is 0.921. The van der Waals surface area contributed by atoms with Gasteiger partial charge in [-0.3, -0.25) is 0 Å². The van der Waals surface area contributed by atoms with E-state index in [0.29, 0.717) is 10.0 Å². The quantitative estimate of drug-likeness (QED) is 0.643. The van der Waals surface area contributed by atoms with Gasteiger partial charge in [0.25, 0.3) is 0 Å². The van der Waals surface area contributed by atoms with Gasteiger partial charge in [-0.15, -0.1) is 0 Å². The Morgan fingerprint density at radius 2 is 2.12 bits per heavy atom. The van der Waals surface area contributed by atoms with Crippen molar-refractivity contribution in [3.8, 4) is 0 Å². The molecule has 0 aliphatic carbocycles. The van der Waals surface area contributed by atoms with E-state index in [1.807, 2.05) is 18.2 Å². The lowest BCUT2D eigenvalue weighted by Gasteiger charge is -2.02. The summed E-state index contributed by atoms with van der Waals surface area (Å²) in [4.78, 5) is 10.6. The number of hydrogen-bond donors (Lipinski definition) is 0. The highest BCUT2D eigenvalue weighted by atomic mass is 35.5. The Kier molecular flexibility index (Phi) is 6.23. The molecular formula is C13H15Cl2NO. The molecule has 92 valence electrons. The SMILES string of the molecule is CCCCC(C=Cc1ccc(Cl)c(Cl)c1)N=O. The van der Waals surface area contributed by atoms with Gasteiger partial charge in [0.05, 0.1) is 10.0 Å². The zero-order valence-electron chi connectivity index (χ0n) is 9.70. The van der Waals surface area contributed by atoms with Gasteiger partial charge >= 0.3 is 0 Å². The van der Waals surface area contributed by atoms with Gasteiger partial charge in [0, 0.05) is 0 Å². The molecule has 1 aromatic carbocycles. The highest BCUT2D eigenvalue weighted by Gasteiger charge is 2.03. The first-order valence-corrected chi connectivity index (χ1v) is 6.38. The Morgan fingerprint density at radius 1 is 1.35 bits per heavy atom. The maximum absolute atomic E-state index is 10.6. The maximum atomic E-state index is 10.6. The molecule has 0 saturated carbocycles. The normalized spacial score (nSPS) is 12.9. The average Bonchev–Trinajstić information content (AvgIpc) is 2.34. The largest absolute Gasteiger partial charge is 0.150 e. The zero-order valence-corrected chi connectivity index (χ0v) is 11.2. The first-order chi connectivity index (χ1) is 8.17. The summed E-state index contributed by atoms with van der Waals surface area (Å²) in [6.07, 6.45) is 6.51. The Bertz CT molecular complexity index is 404. The molecule has 1 rings (SSSR count). The second-order valence-electron chi connectivity index (χ2n) is 3.85. The van der Waals surface area contributed by atoms with Crippen LogP contribution in [0.15, 0.2) is 29.5 Å². The third-order valence-corrected chi connectivity index (χ3v) is 3.18. The van der Waals surface area contributed by atoms with Crippen LogP contribution < -0.4 is 0 Å². The van der Waals surface area contributed by atoms with Gasteiger partial charge in [-0.25, -0.2) is 0 Å². The number of hydrogen-bond acceptors (Lipinski definition) is 2. The molecule has 1 unspecified atom stereocenters. The van der Waals surface area contributed by atoms with Gasteiger partial charge in [-0.1, -0.05) is 66.4 Å². The lowest BCUT2D eigenvalue weighted by atomic mass is 10.1. The van der Waals surface area contributed by atoms with E-state index in [2.05, 4.69) is 12.1 Å². The van der Waals surface area contributed by atoms with Crippen LogP contribution in [0.5, 0.6) is 0 Å². The third kappa shape index (κ3) is 4.88. The van der Waals surface area contributed by atoms with Crippen molar-refractivity contribution in [2.24, 2.45) is 5.18 Å². The van der Waals surface area contributed by atoms with E-state index in [9.17, 15) is 4.91 Å². The second-order valence-corrected chi connectivity index (χ2v) is 4.66. The lowest BCUT2D eigenvalue weighted by molar-refractivity contribution is 0.655. The predicted molar refractivity (Wildman–Crippen MR) is 74.6 cm³/mol. The average molecular weight is 272 g/mol. The van der Waals surface area contributed by atoms with Crippen LogP contribution in [0.1, 0.15) is 31.7 Å². The summed E-state index contributed by atoms with van der Waals surface area (Å²) in [6, 6.07) is 5.09. The molecular weight excluding hydrogens is 257 g/mol. The number of unbranched alkanes of at least 4 members (excludes halogenated alkanes) is 1. The standard InChI is InChI=1S/C13H15Cl2NO/c1-2-3-4-11(16-17)7-5-10-6-8-12(14)13(15)9-10/h5-9,11H,2-4H2,1H3. The predicted octanol–water partition coefficient (Wildman–Crippen LogP) is 5.33. The van der Waals surface area contributed by atoms with E-state index < -0.39 is 0 Å². The van der Waals surface area contributed by atoms with Crippen molar-refractivity contribution >= 4 is 29.3 Å². The van der Waals surface area contributed by atoms with Crippen LogP contribution in [-0.4, -0.2) is 6.04 Å². The molecule has 0 fully saturated rings. The van der Waals surface area contributed by atoms with Crippen LogP contribution in [0.25, 0.3) is 6.08 Å². The van der Waals surface area contributed by atoms with Crippen molar-refractivity contribution < 1.29 is 0 Å². The number of benzene rings is 1. The van der Waals surface area contributed by atoms with Gasteiger partial charge in [0.2, 0.25) is 0 Å². The van der Waals surface area contributed by atoms with Gasteiger partial charge in [0.1, 0.15) is 6.04 Å². The molecule has 0 bridgehead atoms. The Morgan fingerprint density at radius 3 is 2.71 bits per heavy atom. The van der Waals surface area contributed by atoms with Gasteiger partial charge in [0.15, 0.2) is 0 Å². The minimum Gasteiger partial charge on any atom is -0.150 e. The number of halogens is 2. The molecule has 0 radical (unpaired) electrons. The van der Waals surface area contributed by atoms with Crippen LogP contribution in [0.4, 0.5) is 0 Å². The summed E-state index contributed by atoms with van der Waals surface area (Å²) >= 11 is 11.7. The molecule has 1 atom stereocenters. The van der Waals surface area contributed by atoms with Crippen molar-refractivity contribution in [3.63, 3.8) is 0 Å². The topological polar surface area (TPSA) is 29.4 Å². The maximum Gasteiger partial charge on any atom is 0.110 e. The minimum atomic E-state index is -0.260. The fraction of sp³-hybridized carbons (Fsp3) is 0.385. The molecule has 0 N–H and O–H groups in total. The van der Waals surface area contributed by atoms with E-state index in [1.54, 1.807) is 12.1 Å². The van der Waals surface area contributed by atoms with Gasteiger partial charge in [-0.2, -0.15) is 4.91 Å². The fourth-order valence-corrected chi connectivity index (χ4v) is 1.74. The molecule has 0 heterocycles. The zero-order chi connectivity index (χ0) is 12.7. The van der Waals surface area contributed by atoms with Crippen molar-refractivity contribution in [1.82, 2.24) is 0 Å². The van der Waals surface area contributed by atoms with Crippen LogP contribution in [0, 0.1) is 4.91 Å². The number of nitroso groups, excluding NO2 is 1. The first kappa shape index (κ1) is 14.2. The van der Waals surface area contributed by atoms with Crippen molar-refractivity contribution in [3.05, 3.63) is 44.8 Å². The lowest BCUT2D eigenvalue weighted by Crippen LogP contribution is -1.97. The van der Waals surface area contributed by atoms with Gasteiger partial charge in [-0.05, 0) is 24.1 Å². The van der Waals surface area contributed by atoms with E-state index in [-0.39, 0.29) is 6.04 Å². The summed E-state index contributed by atoms with van der Waals surface area (Å²) in [6.45, 7) is 2.09. The number of nitrogens with zero attached hydrogens (tertiary/aromatic N) is 1. The molecule has 17 heavy (non-hydrogen) atoms. The summed E-state index contributed by atoms with van der Waals surface area (Å²) in [7, 11) is 0. The molecule has 0 aromatic heterocycles. The highest BCUT2D eigenvalue weighted by Crippen LogP contribution is 2.23. The highest BCUT2D eigenvalue weighted by molar-refractivity contribution is 6.42. The molecule has 0 aliphatic rings. The fourth-order valence-electron chi connectivity index (χ4n) is 1.44. The molecule has 4 heteroatoms. The second kappa shape index (κ2) is 7.46. The minimum absolute atomic E-state index is 0.260. The van der Waals surface area contributed by atoms with Crippen molar-refractivity contribution in [2.45, 2.75) is 32.2 Å². The van der Waals surface area contributed by atoms with E-state index in [4.69, 9.17) is 23.2 Å². The van der Waals surface area contributed by atoms with Crippen molar-refractivity contribution in [1.29, 1.82) is 0 Å².